The predicted molar refractivity (Wildman–Crippen MR) is 81.6 cm³/mol. The minimum atomic E-state index is -1.19. The zero-order valence-electron chi connectivity index (χ0n) is 11.6. The molecule has 0 aliphatic carbocycles. The van der Waals surface area contributed by atoms with Crippen molar-refractivity contribution < 1.29 is 9.90 Å². The van der Waals surface area contributed by atoms with Gasteiger partial charge in [-0.1, -0.05) is 11.3 Å². The van der Waals surface area contributed by atoms with E-state index in [1.54, 1.807) is 4.57 Å². The Balaban J connectivity index is 2.17. The maximum atomic E-state index is 12.3. The van der Waals surface area contributed by atoms with Crippen LogP contribution in [0.2, 0.25) is 0 Å². The third-order valence-corrected chi connectivity index (χ3v) is 4.67. The van der Waals surface area contributed by atoms with E-state index in [2.05, 4.69) is 15.2 Å². The number of thiazole rings is 1. The molecule has 1 aliphatic heterocycles. The molecule has 1 fully saturated rings. The zero-order valence-corrected chi connectivity index (χ0v) is 12.4. The lowest BCUT2D eigenvalue weighted by molar-refractivity contribution is 0.0695. The van der Waals surface area contributed by atoms with Crippen LogP contribution in [0, 0.1) is 0 Å². The van der Waals surface area contributed by atoms with Crippen LogP contribution in [0.4, 0.5) is 5.13 Å². The number of rotatable bonds is 3. The van der Waals surface area contributed by atoms with Crippen molar-refractivity contribution in [1.82, 2.24) is 14.9 Å². The van der Waals surface area contributed by atoms with Gasteiger partial charge in [-0.2, -0.15) is 0 Å². The fourth-order valence-corrected chi connectivity index (χ4v) is 3.51. The quantitative estimate of drug-likeness (QED) is 0.863. The number of carboxylic acids is 1. The number of nitrogens with one attached hydrogen (secondary N) is 1. The van der Waals surface area contributed by atoms with Crippen LogP contribution in [0.5, 0.6) is 0 Å². The SMILES string of the molecule is CCn1cc(C(=O)O)c(=O)c2sc(N3CCNCC3)nc21. The summed E-state index contributed by atoms with van der Waals surface area (Å²) in [6.07, 6.45) is 1.38. The molecule has 2 aromatic heterocycles. The normalized spacial score (nSPS) is 15.6. The average molecular weight is 308 g/mol. The van der Waals surface area contributed by atoms with Crippen molar-refractivity contribution >= 4 is 32.8 Å². The second-order valence-electron chi connectivity index (χ2n) is 4.85. The van der Waals surface area contributed by atoms with Gasteiger partial charge in [-0.15, -0.1) is 0 Å². The van der Waals surface area contributed by atoms with Crippen LogP contribution < -0.4 is 15.6 Å². The van der Waals surface area contributed by atoms with Crippen LogP contribution in [-0.2, 0) is 6.54 Å². The number of fused-ring (bicyclic) bond motifs is 1. The molecule has 3 heterocycles. The average Bonchev–Trinajstić information content (AvgIpc) is 2.94. The molecule has 0 atom stereocenters. The van der Waals surface area contributed by atoms with E-state index in [-0.39, 0.29) is 5.56 Å². The van der Waals surface area contributed by atoms with Crippen molar-refractivity contribution in [2.24, 2.45) is 0 Å². The Bertz CT molecular complexity index is 746. The molecule has 0 bridgehead atoms. The number of aromatic carboxylic acids is 1. The van der Waals surface area contributed by atoms with Crippen LogP contribution in [0.25, 0.3) is 10.3 Å². The molecule has 0 spiro atoms. The minimum Gasteiger partial charge on any atom is -0.477 e. The Morgan fingerprint density at radius 3 is 2.81 bits per heavy atom. The standard InChI is InChI=1S/C13H16N4O3S/c1-2-16-7-8(12(19)20)9(18)10-11(16)15-13(21-10)17-5-3-14-4-6-17/h7,14H,2-6H2,1H3,(H,19,20). The number of pyridine rings is 1. The van der Waals surface area contributed by atoms with Gasteiger partial charge in [0.15, 0.2) is 10.8 Å². The summed E-state index contributed by atoms with van der Waals surface area (Å²) in [6, 6.07) is 0. The lowest BCUT2D eigenvalue weighted by Crippen LogP contribution is -2.43. The van der Waals surface area contributed by atoms with E-state index in [1.807, 2.05) is 6.92 Å². The molecule has 2 aromatic rings. The minimum absolute atomic E-state index is 0.195. The zero-order chi connectivity index (χ0) is 15.0. The topological polar surface area (TPSA) is 87.5 Å². The number of nitrogens with zero attached hydrogens (tertiary/aromatic N) is 3. The highest BCUT2D eigenvalue weighted by Crippen LogP contribution is 2.27. The molecule has 0 amide bonds. The van der Waals surface area contributed by atoms with Crippen molar-refractivity contribution in [3.63, 3.8) is 0 Å². The molecule has 0 saturated carbocycles. The van der Waals surface area contributed by atoms with Gasteiger partial charge in [-0.05, 0) is 6.92 Å². The van der Waals surface area contributed by atoms with Crippen molar-refractivity contribution in [2.75, 3.05) is 31.1 Å². The summed E-state index contributed by atoms with van der Waals surface area (Å²) in [4.78, 5) is 30.2. The molecular formula is C13H16N4O3S. The van der Waals surface area contributed by atoms with E-state index in [4.69, 9.17) is 5.11 Å². The van der Waals surface area contributed by atoms with E-state index >= 15 is 0 Å². The van der Waals surface area contributed by atoms with E-state index in [0.717, 1.165) is 31.3 Å². The number of piperazine rings is 1. The molecule has 1 aliphatic rings. The van der Waals surface area contributed by atoms with Gasteiger partial charge >= 0.3 is 5.97 Å². The number of carboxylic acid groups (broad SMARTS) is 1. The highest BCUT2D eigenvalue weighted by Gasteiger charge is 2.21. The largest absolute Gasteiger partial charge is 0.477 e. The Kier molecular flexibility index (Phi) is 3.64. The van der Waals surface area contributed by atoms with E-state index in [0.29, 0.717) is 16.9 Å². The number of carbonyl (C=O) groups is 1. The van der Waals surface area contributed by atoms with Gasteiger partial charge in [0, 0.05) is 38.9 Å². The summed E-state index contributed by atoms with van der Waals surface area (Å²) < 4.78 is 2.15. The summed E-state index contributed by atoms with van der Waals surface area (Å²) in [6.45, 7) is 5.92. The highest BCUT2D eigenvalue weighted by molar-refractivity contribution is 7.22. The summed E-state index contributed by atoms with van der Waals surface area (Å²) in [5.74, 6) is -1.19. The maximum absolute atomic E-state index is 12.3. The van der Waals surface area contributed by atoms with Crippen LogP contribution in [0.15, 0.2) is 11.0 Å². The van der Waals surface area contributed by atoms with Crippen molar-refractivity contribution in [3.05, 3.63) is 22.0 Å². The molecule has 2 N–H and O–H groups in total. The van der Waals surface area contributed by atoms with Crippen molar-refractivity contribution in [2.45, 2.75) is 13.5 Å². The molecule has 21 heavy (non-hydrogen) atoms. The maximum Gasteiger partial charge on any atom is 0.341 e. The monoisotopic (exact) mass is 308 g/mol. The Morgan fingerprint density at radius 1 is 1.48 bits per heavy atom. The van der Waals surface area contributed by atoms with E-state index < -0.39 is 11.4 Å². The highest BCUT2D eigenvalue weighted by atomic mass is 32.1. The fraction of sp³-hybridized carbons (Fsp3) is 0.462. The number of aryl methyl sites for hydroxylation is 1. The molecule has 3 rings (SSSR count). The summed E-state index contributed by atoms with van der Waals surface area (Å²) >= 11 is 1.28. The molecule has 8 heteroatoms. The molecule has 7 nitrogen and oxygen atoms in total. The van der Waals surface area contributed by atoms with Gasteiger partial charge in [-0.25, -0.2) is 9.78 Å². The van der Waals surface area contributed by atoms with Crippen LogP contribution in [0.3, 0.4) is 0 Å². The van der Waals surface area contributed by atoms with E-state index in [9.17, 15) is 9.59 Å². The first-order valence-electron chi connectivity index (χ1n) is 6.84. The Hall–Kier alpha value is -1.93. The molecular weight excluding hydrogens is 292 g/mol. The summed E-state index contributed by atoms with van der Waals surface area (Å²) in [7, 11) is 0. The van der Waals surface area contributed by atoms with E-state index in [1.165, 1.54) is 17.5 Å². The number of anilines is 1. The number of hydrogen-bond donors (Lipinski definition) is 2. The van der Waals surface area contributed by atoms with Crippen LogP contribution in [0.1, 0.15) is 17.3 Å². The Labute approximate surface area is 124 Å². The number of hydrogen-bond acceptors (Lipinski definition) is 6. The first kappa shape index (κ1) is 14.0. The second kappa shape index (κ2) is 5.45. The van der Waals surface area contributed by atoms with Gasteiger partial charge in [-0.3, -0.25) is 4.79 Å². The van der Waals surface area contributed by atoms with Crippen molar-refractivity contribution in [3.8, 4) is 0 Å². The molecule has 0 unspecified atom stereocenters. The Morgan fingerprint density at radius 2 is 2.19 bits per heavy atom. The smallest absolute Gasteiger partial charge is 0.341 e. The predicted octanol–water partition coefficient (Wildman–Crippen LogP) is 0.586. The first-order chi connectivity index (χ1) is 10.1. The fourth-order valence-electron chi connectivity index (χ4n) is 2.43. The van der Waals surface area contributed by atoms with Gasteiger partial charge < -0.3 is 19.9 Å². The van der Waals surface area contributed by atoms with Gasteiger partial charge in [0.1, 0.15) is 10.3 Å². The lowest BCUT2D eigenvalue weighted by Gasteiger charge is -2.26. The second-order valence-corrected chi connectivity index (χ2v) is 5.83. The van der Waals surface area contributed by atoms with Crippen LogP contribution >= 0.6 is 11.3 Å². The summed E-state index contributed by atoms with van der Waals surface area (Å²) in [5, 5.41) is 13.2. The lowest BCUT2D eigenvalue weighted by atomic mass is 10.2. The number of aromatic nitrogens is 2. The van der Waals surface area contributed by atoms with Gasteiger partial charge in [0.25, 0.3) is 0 Å². The third-order valence-electron chi connectivity index (χ3n) is 3.56. The van der Waals surface area contributed by atoms with Gasteiger partial charge in [0.05, 0.1) is 0 Å². The molecule has 112 valence electrons. The third kappa shape index (κ3) is 2.40. The molecule has 0 radical (unpaired) electrons. The molecule has 1 saturated heterocycles. The first-order valence-corrected chi connectivity index (χ1v) is 7.66. The van der Waals surface area contributed by atoms with Crippen LogP contribution in [-0.4, -0.2) is 46.8 Å². The summed E-state index contributed by atoms with van der Waals surface area (Å²) in [5.41, 5.74) is -0.0630. The molecule has 0 aromatic carbocycles. The van der Waals surface area contributed by atoms with Gasteiger partial charge in [0.2, 0.25) is 5.43 Å². The van der Waals surface area contributed by atoms with Crippen molar-refractivity contribution in [1.29, 1.82) is 0 Å².